The van der Waals surface area contributed by atoms with Crippen LogP contribution in [0.3, 0.4) is 0 Å². The second kappa shape index (κ2) is 6.73. The summed E-state index contributed by atoms with van der Waals surface area (Å²) in [6, 6.07) is 0.842. The van der Waals surface area contributed by atoms with Crippen LogP contribution in [0.15, 0.2) is 29.1 Å². The van der Waals surface area contributed by atoms with E-state index in [1.54, 1.807) is 6.92 Å². The van der Waals surface area contributed by atoms with Crippen LogP contribution in [-0.2, 0) is 9.53 Å². The molecule has 128 valence electrons. The molecule has 1 aliphatic heterocycles. The summed E-state index contributed by atoms with van der Waals surface area (Å²) in [5, 5.41) is 13.7. The fourth-order valence-electron chi connectivity index (χ4n) is 2.31. The van der Waals surface area contributed by atoms with Crippen LogP contribution in [0.5, 0.6) is 0 Å². The molecule has 0 bridgehead atoms. The molecule has 0 aliphatic carbocycles. The second-order valence-corrected chi connectivity index (χ2v) is 4.95. The van der Waals surface area contributed by atoms with Gasteiger partial charge in [-0.05, 0) is 13.8 Å². The maximum absolute atomic E-state index is 14.0. The van der Waals surface area contributed by atoms with Crippen molar-refractivity contribution in [1.29, 1.82) is 0 Å². The fraction of sp³-hybridized carbons (Fsp3) is 0.267. The van der Waals surface area contributed by atoms with Crippen LogP contribution in [0.2, 0.25) is 0 Å². The zero-order valence-electron chi connectivity index (χ0n) is 12.8. The molecule has 0 amide bonds. The van der Waals surface area contributed by atoms with Crippen molar-refractivity contribution in [3.05, 3.63) is 62.2 Å². The highest BCUT2D eigenvalue weighted by atomic mass is 19.1. The average molecular weight is 342 g/mol. The van der Waals surface area contributed by atoms with Crippen LogP contribution in [0.4, 0.5) is 13.2 Å². The number of benzene rings is 1. The van der Waals surface area contributed by atoms with Gasteiger partial charge >= 0.3 is 5.97 Å². The Labute approximate surface area is 134 Å². The van der Waals surface area contributed by atoms with Gasteiger partial charge in [-0.25, -0.2) is 18.0 Å². The number of ether oxygens (including phenoxy) is 1. The van der Waals surface area contributed by atoms with Crippen LogP contribution < -0.4 is 5.32 Å². The van der Waals surface area contributed by atoms with Crippen molar-refractivity contribution in [2.45, 2.75) is 20.3 Å². The quantitative estimate of drug-likeness (QED) is 0.517. The van der Waals surface area contributed by atoms with Crippen molar-refractivity contribution in [2.24, 2.45) is 0 Å². The van der Waals surface area contributed by atoms with Crippen molar-refractivity contribution in [2.75, 3.05) is 6.61 Å². The van der Waals surface area contributed by atoms with E-state index >= 15 is 0 Å². The van der Waals surface area contributed by atoms with Crippen molar-refractivity contribution < 1.29 is 27.6 Å². The van der Waals surface area contributed by atoms with E-state index in [0.29, 0.717) is 12.1 Å². The van der Waals surface area contributed by atoms with Gasteiger partial charge < -0.3 is 10.1 Å². The first-order chi connectivity index (χ1) is 11.3. The lowest BCUT2D eigenvalue weighted by Gasteiger charge is -2.21. The number of halogens is 3. The first kappa shape index (κ1) is 17.5. The summed E-state index contributed by atoms with van der Waals surface area (Å²) in [4.78, 5) is 22.3. The minimum absolute atomic E-state index is 0.0183. The minimum atomic E-state index is -1.29. The van der Waals surface area contributed by atoms with Gasteiger partial charge in [0.1, 0.15) is 23.1 Å². The van der Waals surface area contributed by atoms with Gasteiger partial charge in [0.25, 0.3) is 5.70 Å². The number of dihydropyridines is 1. The number of hydrogen-bond acceptors (Lipinski definition) is 5. The maximum atomic E-state index is 14.0. The lowest BCUT2D eigenvalue weighted by Crippen LogP contribution is -2.27. The summed E-state index contributed by atoms with van der Waals surface area (Å²) in [5.74, 6) is -4.49. The van der Waals surface area contributed by atoms with Crippen LogP contribution >= 0.6 is 0 Å². The molecule has 0 unspecified atom stereocenters. The van der Waals surface area contributed by atoms with Crippen molar-refractivity contribution >= 4 is 11.7 Å². The predicted octanol–water partition coefficient (Wildman–Crippen LogP) is 2.88. The van der Waals surface area contributed by atoms with Gasteiger partial charge in [0.2, 0.25) is 0 Å². The highest BCUT2D eigenvalue weighted by molar-refractivity contribution is 5.91. The Hall–Kier alpha value is -2.84. The standard InChI is InChI=1S/C15H13F3N2O4/c1-3-24-15(21)9-6-12(20(22)23)14(19-7(9)2)13-10(17)4-8(16)5-11(13)18/h4-5,19H,3,6H2,1-2H3. The topological polar surface area (TPSA) is 81.5 Å². The van der Waals surface area contributed by atoms with E-state index in [2.05, 4.69) is 5.32 Å². The molecule has 0 fully saturated rings. The number of nitro groups is 1. The minimum Gasteiger partial charge on any atom is -0.463 e. The number of nitrogens with one attached hydrogen (secondary N) is 1. The summed E-state index contributed by atoms with van der Waals surface area (Å²) in [6.45, 7) is 3.06. The molecular weight excluding hydrogens is 329 g/mol. The molecule has 0 spiro atoms. The van der Waals surface area contributed by atoms with Crippen LogP contribution in [0, 0.1) is 27.6 Å². The van der Waals surface area contributed by atoms with Gasteiger partial charge in [0, 0.05) is 17.8 Å². The smallest absolute Gasteiger partial charge is 0.336 e. The number of carbonyl (C=O) groups is 1. The Balaban J connectivity index is 2.56. The third kappa shape index (κ3) is 3.24. The zero-order valence-corrected chi connectivity index (χ0v) is 12.8. The molecule has 1 N–H and O–H groups in total. The number of nitrogens with zero attached hydrogens (tertiary/aromatic N) is 1. The van der Waals surface area contributed by atoms with Crippen molar-refractivity contribution in [1.82, 2.24) is 5.32 Å². The Morgan fingerprint density at radius 1 is 1.33 bits per heavy atom. The Kier molecular flexibility index (Phi) is 4.91. The van der Waals surface area contributed by atoms with Gasteiger partial charge in [-0.2, -0.15) is 0 Å². The molecule has 6 nitrogen and oxygen atoms in total. The van der Waals surface area contributed by atoms with E-state index in [4.69, 9.17) is 4.74 Å². The SMILES string of the molecule is CCOC(=O)C1=C(C)NC(c2c(F)cc(F)cc2F)=C([N+](=O)[O-])C1. The Morgan fingerprint density at radius 2 is 1.92 bits per heavy atom. The fourth-order valence-corrected chi connectivity index (χ4v) is 2.31. The zero-order chi connectivity index (χ0) is 18.0. The summed E-state index contributed by atoms with van der Waals surface area (Å²) in [6.07, 6.45) is -0.476. The summed E-state index contributed by atoms with van der Waals surface area (Å²) in [5.41, 5.74) is -1.69. The molecular formula is C15H13F3N2O4. The molecule has 0 radical (unpaired) electrons. The van der Waals surface area contributed by atoms with Gasteiger partial charge in [0.05, 0.1) is 29.1 Å². The van der Waals surface area contributed by atoms with E-state index < -0.39 is 51.7 Å². The van der Waals surface area contributed by atoms with Gasteiger partial charge in [0.15, 0.2) is 0 Å². The molecule has 1 aliphatic rings. The first-order valence-electron chi connectivity index (χ1n) is 6.92. The van der Waals surface area contributed by atoms with Crippen molar-refractivity contribution in [3.8, 4) is 0 Å². The largest absolute Gasteiger partial charge is 0.463 e. The molecule has 0 aromatic heterocycles. The van der Waals surface area contributed by atoms with Gasteiger partial charge in [-0.15, -0.1) is 0 Å². The van der Waals surface area contributed by atoms with Crippen LogP contribution in [-0.4, -0.2) is 17.5 Å². The average Bonchev–Trinajstić information content (AvgIpc) is 2.46. The van der Waals surface area contributed by atoms with E-state index in [1.807, 2.05) is 0 Å². The Morgan fingerprint density at radius 3 is 2.42 bits per heavy atom. The Bertz CT molecular complexity index is 764. The van der Waals surface area contributed by atoms with Crippen molar-refractivity contribution in [3.63, 3.8) is 0 Å². The summed E-state index contributed by atoms with van der Waals surface area (Å²) < 4.78 is 45.7. The molecule has 1 heterocycles. The lowest BCUT2D eigenvalue weighted by molar-refractivity contribution is -0.426. The normalized spacial score (nSPS) is 14.5. The molecule has 0 saturated carbocycles. The number of esters is 1. The second-order valence-electron chi connectivity index (χ2n) is 4.95. The van der Waals surface area contributed by atoms with Crippen LogP contribution in [0.1, 0.15) is 25.8 Å². The molecule has 0 atom stereocenters. The van der Waals surface area contributed by atoms with E-state index in [0.717, 1.165) is 0 Å². The van der Waals surface area contributed by atoms with Gasteiger partial charge in [-0.3, -0.25) is 10.1 Å². The van der Waals surface area contributed by atoms with E-state index in [-0.39, 0.29) is 17.9 Å². The van der Waals surface area contributed by atoms with E-state index in [1.165, 1.54) is 6.92 Å². The number of rotatable bonds is 4. The molecule has 24 heavy (non-hydrogen) atoms. The molecule has 1 aromatic carbocycles. The predicted molar refractivity (Wildman–Crippen MR) is 77.3 cm³/mol. The molecule has 9 heteroatoms. The highest BCUT2D eigenvalue weighted by Gasteiger charge is 2.34. The number of carbonyl (C=O) groups excluding carboxylic acids is 1. The summed E-state index contributed by atoms with van der Waals surface area (Å²) in [7, 11) is 0. The third-order valence-corrected chi connectivity index (χ3v) is 3.40. The monoisotopic (exact) mass is 342 g/mol. The molecule has 1 aromatic rings. The van der Waals surface area contributed by atoms with Gasteiger partial charge in [-0.1, -0.05) is 0 Å². The highest BCUT2D eigenvalue weighted by Crippen LogP contribution is 2.32. The number of hydrogen-bond donors (Lipinski definition) is 1. The lowest BCUT2D eigenvalue weighted by atomic mass is 9.98. The maximum Gasteiger partial charge on any atom is 0.336 e. The third-order valence-electron chi connectivity index (χ3n) is 3.40. The first-order valence-corrected chi connectivity index (χ1v) is 6.92. The van der Waals surface area contributed by atoms with E-state index in [9.17, 15) is 28.1 Å². The van der Waals surface area contributed by atoms with Crippen LogP contribution in [0.25, 0.3) is 5.70 Å². The molecule has 0 saturated heterocycles. The summed E-state index contributed by atoms with van der Waals surface area (Å²) >= 11 is 0. The molecule has 2 rings (SSSR count). The number of allylic oxidation sites excluding steroid dienone is 2.